The lowest BCUT2D eigenvalue weighted by molar-refractivity contribution is -0.385. The highest BCUT2D eigenvalue weighted by atomic mass is 35.7. The minimum Gasteiger partial charge on any atom is -0.433 e. The standard InChI is InChI=1S/C8H6ClF2NO5S/c1-4-2-6(17-8(10)11)7(18(9,15)16)3-5(4)12(13)14/h2-3,8H,1H3. The van der Waals surface area contributed by atoms with Gasteiger partial charge in [0.05, 0.1) is 4.92 Å². The number of nitro benzene ring substituents is 1. The number of hydrogen-bond acceptors (Lipinski definition) is 5. The quantitative estimate of drug-likeness (QED) is 0.484. The zero-order valence-corrected chi connectivity index (χ0v) is 10.3. The Hall–Kier alpha value is -1.48. The van der Waals surface area contributed by atoms with Crippen molar-refractivity contribution in [3.63, 3.8) is 0 Å². The second kappa shape index (κ2) is 5.02. The van der Waals surface area contributed by atoms with E-state index >= 15 is 0 Å². The van der Waals surface area contributed by atoms with Crippen LogP contribution in [0.2, 0.25) is 0 Å². The van der Waals surface area contributed by atoms with Crippen LogP contribution >= 0.6 is 10.7 Å². The van der Waals surface area contributed by atoms with Crippen LogP contribution in [0.1, 0.15) is 5.56 Å². The smallest absolute Gasteiger partial charge is 0.387 e. The Bertz CT molecular complexity index is 589. The summed E-state index contributed by atoms with van der Waals surface area (Å²) in [6.45, 7) is -2.02. The Morgan fingerprint density at radius 2 is 2.00 bits per heavy atom. The topological polar surface area (TPSA) is 86.5 Å². The Balaban J connectivity index is 3.52. The monoisotopic (exact) mass is 301 g/mol. The van der Waals surface area contributed by atoms with Crippen LogP contribution in [0.5, 0.6) is 5.75 Å². The number of ether oxygens (including phenoxy) is 1. The Morgan fingerprint density at radius 3 is 2.39 bits per heavy atom. The third-order valence-corrected chi connectivity index (χ3v) is 3.28. The molecule has 1 rings (SSSR count). The number of alkyl halides is 2. The number of aryl methyl sites for hydroxylation is 1. The molecule has 0 spiro atoms. The van der Waals surface area contributed by atoms with Crippen LogP contribution in [0.3, 0.4) is 0 Å². The zero-order chi connectivity index (χ0) is 14.1. The first-order chi connectivity index (χ1) is 8.12. The summed E-state index contributed by atoms with van der Waals surface area (Å²) in [7, 11) is 0.558. The van der Waals surface area contributed by atoms with Crippen LogP contribution in [-0.4, -0.2) is 20.0 Å². The molecule has 0 aromatic heterocycles. The number of nitro groups is 1. The van der Waals surface area contributed by atoms with Gasteiger partial charge in [0.1, 0.15) is 10.6 Å². The van der Waals surface area contributed by atoms with E-state index in [-0.39, 0.29) is 5.56 Å². The van der Waals surface area contributed by atoms with Crippen LogP contribution in [0.15, 0.2) is 17.0 Å². The lowest BCUT2D eigenvalue weighted by Gasteiger charge is -2.09. The van der Waals surface area contributed by atoms with Crippen molar-refractivity contribution in [1.29, 1.82) is 0 Å². The zero-order valence-electron chi connectivity index (χ0n) is 8.76. The average Bonchev–Trinajstić information content (AvgIpc) is 2.13. The molecule has 0 saturated carbocycles. The van der Waals surface area contributed by atoms with E-state index in [0.29, 0.717) is 6.07 Å². The third kappa shape index (κ3) is 3.26. The van der Waals surface area contributed by atoms with Crippen molar-refractivity contribution in [2.24, 2.45) is 0 Å². The van der Waals surface area contributed by atoms with Crippen LogP contribution in [0.4, 0.5) is 14.5 Å². The van der Waals surface area contributed by atoms with Crippen molar-refractivity contribution in [3.05, 3.63) is 27.8 Å². The normalized spacial score (nSPS) is 11.6. The van der Waals surface area contributed by atoms with Crippen molar-refractivity contribution in [2.45, 2.75) is 18.4 Å². The van der Waals surface area contributed by atoms with Gasteiger partial charge in [0.2, 0.25) is 0 Å². The number of nitrogens with zero attached hydrogens (tertiary/aromatic N) is 1. The highest BCUT2D eigenvalue weighted by Gasteiger charge is 2.25. The first-order valence-electron chi connectivity index (χ1n) is 4.31. The lowest BCUT2D eigenvalue weighted by atomic mass is 10.2. The minimum atomic E-state index is -4.44. The van der Waals surface area contributed by atoms with Gasteiger partial charge in [0.25, 0.3) is 14.7 Å². The highest BCUT2D eigenvalue weighted by molar-refractivity contribution is 8.13. The number of rotatable bonds is 4. The molecule has 0 unspecified atom stereocenters. The Kier molecular flexibility index (Phi) is 4.07. The molecule has 1 aromatic carbocycles. The Morgan fingerprint density at radius 1 is 1.44 bits per heavy atom. The average molecular weight is 302 g/mol. The van der Waals surface area contributed by atoms with Gasteiger partial charge in [0.15, 0.2) is 0 Å². The second-order valence-electron chi connectivity index (χ2n) is 3.16. The molecule has 6 nitrogen and oxygen atoms in total. The molecule has 1 aromatic rings. The van der Waals surface area contributed by atoms with Crippen molar-refractivity contribution in [2.75, 3.05) is 0 Å². The summed E-state index contributed by atoms with van der Waals surface area (Å²) < 4.78 is 50.4. The van der Waals surface area contributed by atoms with Crippen LogP contribution < -0.4 is 4.74 Å². The number of hydrogen-bond donors (Lipinski definition) is 0. The van der Waals surface area contributed by atoms with Gasteiger partial charge < -0.3 is 4.74 Å². The maximum Gasteiger partial charge on any atom is 0.387 e. The molecule has 18 heavy (non-hydrogen) atoms. The molecular weight excluding hydrogens is 296 g/mol. The molecule has 0 saturated heterocycles. The van der Waals surface area contributed by atoms with E-state index in [2.05, 4.69) is 4.74 Å². The predicted octanol–water partition coefficient (Wildman–Crippen LogP) is 2.43. The molecule has 0 amide bonds. The molecule has 100 valence electrons. The number of halogens is 3. The van der Waals surface area contributed by atoms with Gasteiger partial charge in [-0.3, -0.25) is 10.1 Å². The molecule has 10 heteroatoms. The maximum atomic E-state index is 12.1. The first kappa shape index (κ1) is 14.6. The van der Waals surface area contributed by atoms with E-state index in [4.69, 9.17) is 10.7 Å². The van der Waals surface area contributed by atoms with Crippen molar-refractivity contribution < 1.29 is 26.9 Å². The summed E-state index contributed by atoms with van der Waals surface area (Å²) >= 11 is 0. The third-order valence-electron chi connectivity index (χ3n) is 1.94. The largest absolute Gasteiger partial charge is 0.433 e. The van der Waals surface area contributed by atoms with Gasteiger partial charge in [-0.25, -0.2) is 8.42 Å². The van der Waals surface area contributed by atoms with Crippen LogP contribution in [0, 0.1) is 17.0 Å². The summed E-state index contributed by atoms with van der Waals surface area (Å²) in [4.78, 5) is 8.89. The number of benzene rings is 1. The summed E-state index contributed by atoms with van der Waals surface area (Å²) in [5, 5.41) is 10.6. The van der Waals surface area contributed by atoms with Crippen LogP contribution in [-0.2, 0) is 9.05 Å². The van der Waals surface area contributed by atoms with Gasteiger partial charge in [0, 0.05) is 22.3 Å². The molecule has 0 heterocycles. The summed E-state index contributed by atoms with van der Waals surface area (Å²) in [5.41, 5.74) is -0.587. The molecule has 0 aliphatic heterocycles. The van der Waals surface area contributed by atoms with Crippen LogP contribution in [0.25, 0.3) is 0 Å². The van der Waals surface area contributed by atoms with E-state index in [0.717, 1.165) is 6.07 Å². The van der Waals surface area contributed by atoms with E-state index in [1.54, 1.807) is 0 Å². The molecular formula is C8H6ClF2NO5S. The summed E-state index contributed by atoms with van der Waals surface area (Å²) in [5.74, 6) is -0.733. The van der Waals surface area contributed by atoms with Gasteiger partial charge in [-0.2, -0.15) is 8.78 Å². The van der Waals surface area contributed by atoms with Gasteiger partial charge in [-0.05, 0) is 13.0 Å². The van der Waals surface area contributed by atoms with E-state index in [1.807, 2.05) is 0 Å². The summed E-state index contributed by atoms with van der Waals surface area (Å²) in [6.07, 6.45) is 0. The summed E-state index contributed by atoms with van der Waals surface area (Å²) in [6, 6.07) is 1.40. The lowest BCUT2D eigenvalue weighted by Crippen LogP contribution is -2.07. The van der Waals surface area contributed by atoms with Gasteiger partial charge >= 0.3 is 6.61 Å². The predicted molar refractivity (Wildman–Crippen MR) is 57.5 cm³/mol. The van der Waals surface area contributed by atoms with Gasteiger partial charge in [-0.1, -0.05) is 0 Å². The van der Waals surface area contributed by atoms with Crippen molar-refractivity contribution in [1.82, 2.24) is 0 Å². The first-order valence-corrected chi connectivity index (χ1v) is 6.62. The molecule has 0 bridgehead atoms. The van der Waals surface area contributed by atoms with E-state index in [9.17, 15) is 27.3 Å². The molecule has 0 radical (unpaired) electrons. The molecule has 0 aliphatic rings. The van der Waals surface area contributed by atoms with Crippen molar-refractivity contribution in [3.8, 4) is 5.75 Å². The van der Waals surface area contributed by atoms with E-state index < -0.39 is 36.9 Å². The Labute approximate surface area is 105 Å². The maximum absolute atomic E-state index is 12.1. The highest BCUT2D eigenvalue weighted by Crippen LogP contribution is 2.34. The molecule has 0 fully saturated rings. The van der Waals surface area contributed by atoms with Crippen molar-refractivity contribution >= 4 is 25.4 Å². The van der Waals surface area contributed by atoms with E-state index in [1.165, 1.54) is 6.92 Å². The fraction of sp³-hybridized carbons (Fsp3) is 0.250. The minimum absolute atomic E-state index is 0.0280. The van der Waals surface area contributed by atoms with Gasteiger partial charge in [-0.15, -0.1) is 0 Å². The molecule has 0 aliphatic carbocycles. The SMILES string of the molecule is Cc1cc(OC(F)F)c(S(=O)(=O)Cl)cc1[N+](=O)[O-]. The fourth-order valence-corrected chi connectivity index (χ4v) is 2.19. The second-order valence-corrected chi connectivity index (χ2v) is 5.69. The fourth-order valence-electron chi connectivity index (χ4n) is 1.23. The molecule has 0 N–H and O–H groups in total. The molecule has 0 atom stereocenters.